The Morgan fingerprint density at radius 3 is 2.59 bits per heavy atom. The number of anilines is 1. The van der Waals surface area contributed by atoms with Crippen molar-refractivity contribution in [2.24, 2.45) is 0 Å². The molecule has 0 saturated heterocycles. The number of halogens is 2. The van der Waals surface area contributed by atoms with E-state index >= 15 is 0 Å². The zero-order valence-corrected chi connectivity index (χ0v) is 15.7. The molecular weight excluding hydrogens is 374 g/mol. The standard InChI is InChI=1S/C19H20F2N2O3S/c1-2-9-27(25,26)23-8-7-13-3-5-16(10-15(13)12-23)22-19(24)14-4-6-17(20)18(21)11-14/h3-6,10-11H,2,7-9,12H2,1H3,(H,22,24). The van der Waals surface area contributed by atoms with Crippen molar-refractivity contribution in [1.82, 2.24) is 4.31 Å². The van der Waals surface area contributed by atoms with Crippen LogP contribution >= 0.6 is 0 Å². The normalized spacial score (nSPS) is 14.6. The molecule has 0 aliphatic carbocycles. The van der Waals surface area contributed by atoms with Crippen molar-refractivity contribution in [2.75, 3.05) is 17.6 Å². The minimum absolute atomic E-state index is 0.00114. The molecule has 0 atom stereocenters. The first-order chi connectivity index (χ1) is 12.8. The Kier molecular flexibility index (Phi) is 5.57. The third kappa shape index (κ3) is 4.33. The molecular formula is C19H20F2N2O3S. The van der Waals surface area contributed by atoms with E-state index in [1.807, 2.05) is 13.0 Å². The molecule has 8 heteroatoms. The summed E-state index contributed by atoms with van der Waals surface area (Å²) in [4.78, 5) is 12.2. The second kappa shape index (κ2) is 7.74. The van der Waals surface area contributed by atoms with E-state index in [1.54, 1.807) is 12.1 Å². The molecule has 1 heterocycles. The predicted molar refractivity (Wildman–Crippen MR) is 98.9 cm³/mol. The maximum Gasteiger partial charge on any atom is 0.255 e. The van der Waals surface area contributed by atoms with Gasteiger partial charge in [-0.15, -0.1) is 0 Å². The average molecular weight is 394 g/mol. The van der Waals surface area contributed by atoms with E-state index in [-0.39, 0.29) is 17.9 Å². The molecule has 27 heavy (non-hydrogen) atoms. The highest BCUT2D eigenvalue weighted by Crippen LogP contribution is 2.25. The summed E-state index contributed by atoms with van der Waals surface area (Å²) in [5.74, 6) is -2.58. The number of nitrogens with zero attached hydrogens (tertiary/aromatic N) is 1. The van der Waals surface area contributed by atoms with Gasteiger partial charge < -0.3 is 5.32 Å². The number of sulfonamides is 1. The lowest BCUT2D eigenvalue weighted by Gasteiger charge is -2.28. The number of amides is 1. The fourth-order valence-electron chi connectivity index (χ4n) is 3.07. The third-order valence-corrected chi connectivity index (χ3v) is 6.50. The molecule has 0 bridgehead atoms. The molecule has 1 amide bonds. The molecule has 0 spiro atoms. The molecule has 0 saturated carbocycles. The van der Waals surface area contributed by atoms with Crippen LogP contribution in [0.1, 0.15) is 34.8 Å². The van der Waals surface area contributed by atoms with Crippen LogP contribution in [0.2, 0.25) is 0 Å². The minimum Gasteiger partial charge on any atom is -0.322 e. The molecule has 0 unspecified atom stereocenters. The van der Waals surface area contributed by atoms with Crippen molar-refractivity contribution in [3.63, 3.8) is 0 Å². The van der Waals surface area contributed by atoms with Crippen LogP contribution in [0.15, 0.2) is 36.4 Å². The number of fused-ring (bicyclic) bond motifs is 1. The Labute approximate surface area is 157 Å². The molecule has 1 aliphatic rings. The van der Waals surface area contributed by atoms with Crippen molar-refractivity contribution >= 4 is 21.6 Å². The van der Waals surface area contributed by atoms with Gasteiger partial charge in [-0.3, -0.25) is 4.79 Å². The number of hydrogen-bond donors (Lipinski definition) is 1. The van der Waals surface area contributed by atoms with Gasteiger partial charge in [-0.1, -0.05) is 13.0 Å². The second-order valence-corrected chi connectivity index (χ2v) is 8.55. The zero-order valence-electron chi connectivity index (χ0n) is 14.8. The number of hydrogen-bond acceptors (Lipinski definition) is 3. The fraction of sp³-hybridized carbons (Fsp3) is 0.316. The Morgan fingerprint density at radius 2 is 1.89 bits per heavy atom. The van der Waals surface area contributed by atoms with Crippen LogP contribution in [0.4, 0.5) is 14.5 Å². The molecule has 2 aromatic rings. The van der Waals surface area contributed by atoms with Gasteiger partial charge in [-0.25, -0.2) is 17.2 Å². The van der Waals surface area contributed by atoms with Gasteiger partial charge in [0.1, 0.15) is 0 Å². The number of benzene rings is 2. The van der Waals surface area contributed by atoms with Crippen LogP contribution in [-0.4, -0.2) is 30.9 Å². The molecule has 1 N–H and O–H groups in total. The molecule has 0 fully saturated rings. The number of carbonyl (C=O) groups excluding carboxylic acids is 1. The predicted octanol–water partition coefficient (Wildman–Crippen LogP) is 3.32. The quantitative estimate of drug-likeness (QED) is 0.846. The summed E-state index contributed by atoms with van der Waals surface area (Å²) in [5, 5.41) is 2.64. The highest BCUT2D eigenvalue weighted by Gasteiger charge is 2.26. The van der Waals surface area contributed by atoms with Gasteiger partial charge in [0.15, 0.2) is 11.6 Å². The number of nitrogens with one attached hydrogen (secondary N) is 1. The monoisotopic (exact) mass is 394 g/mol. The van der Waals surface area contributed by atoms with E-state index < -0.39 is 27.6 Å². The van der Waals surface area contributed by atoms with Crippen molar-refractivity contribution in [1.29, 1.82) is 0 Å². The van der Waals surface area contributed by atoms with Gasteiger partial charge >= 0.3 is 0 Å². The Morgan fingerprint density at radius 1 is 1.11 bits per heavy atom. The van der Waals surface area contributed by atoms with E-state index in [9.17, 15) is 22.0 Å². The summed E-state index contributed by atoms with van der Waals surface area (Å²) < 4.78 is 52.4. The minimum atomic E-state index is -3.30. The van der Waals surface area contributed by atoms with Gasteiger partial charge in [0, 0.05) is 24.3 Å². The summed E-state index contributed by atoms with van der Waals surface area (Å²) >= 11 is 0. The van der Waals surface area contributed by atoms with Gasteiger partial charge in [0.2, 0.25) is 10.0 Å². The van der Waals surface area contributed by atoms with Crippen molar-refractivity contribution in [3.05, 3.63) is 64.7 Å². The lowest BCUT2D eigenvalue weighted by atomic mass is 10.0. The van der Waals surface area contributed by atoms with Gasteiger partial charge in [-0.2, -0.15) is 4.31 Å². The first-order valence-electron chi connectivity index (χ1n) is 8.66. The first-order valence-corrected chi connectivity index (χ1v) is 10.3. The lowest BCUT2D eigenvalue weighted by molar-refractivity contribution is 0.102. The van der Waals surface area contributed by atoms with Crippen LogP contribution in [0.5, 0.6) is 0 Å². The third-order valence-electron chi connectivity index (χ3n) is 4.48. The Balaban J connectivity index is 1.78. The molecule has 3 rings (SSSR count). The van der Waals surface area contributed by atoms with Crippen molar-refractivity contribution in [2.45, 2.75) is 26.3 Å². The Hall–Kier alpha value is -2.32. The number of rotatable bonds is 5. The zero-order chi connectivity index (χ0) is 19.6. The molecule has 5 nitrogen and oxygen atoms in total. The number of carbonyl (C=O) groups is 1. The van der Waals surface area contributed by atoms with E-state index in [1.165, 1.54) is 10.4 Å². The fourth-order valence-corrected chi connectivity index (χ4v) is 4.55. The maximum atomic E-state index is 13.3. The summed E-state index contributed by atoms with van der Waals surface area (Å²) in [6.45, 7) is 2.52. The smallest absolute Gasteiger partial charge is 0.255 e. The van der Waals surface area contributed by atoms with Crippen molar-refractivity contribution < 1.29 is 22.0 Å². The highest BCUT2D eigenvalue weighted by atomic mass is 32.2. The van der Waals surface area contributed by atoms with E-state index in [0.29, 0.717) is 25.1 Å². The van der Waals surface area contributed by atoms with Gasteiger partial charge in [-0.05, 0) is 54.3 Å². The lowest BCUT2D eigenvalue weighted by Crippen LogP contribution is -2.37. The SMILES string of the molecule is CCCS(=O)(=O)N1CCc2ccc(NC(=O)c3ccc(F)c(F)c3)cc2C1. The topological polar surface area (TPSA) is 66.5 Å². The Bertz CT molecular complexity index is 977. The van der Waals surface area contributed by atoms with E-state index in [2.05, 4.69) is 5.32 Å². The summed E-state index contributed by atoms with van der Waals surface area (Å²) in [6, 6.07) is 8.22. The summed E-state index contributed by atoms with van der Waals surface area (Å²) in [6.07, 6.45) is 1.16. The molecule has 1 aliphatic heterocycles. The summed E-state index contributed by atoms with van der Waals surface area (Å²) in [7, 11) is -3.30. The van der Waals surface area contributed by atoms with Crippen LogP contribution in [0.25, 0.3) is 0 Å². The van der Waals surface area contributed by atoms with Crippen LogP contribution in [-0.2, 0) is 23.0 Å². The first kappa shape index (κ1) is 19.4. The molecule has 2 aromatic carbocycles. The van der Waals surface area contributed by atoms with Crippen LogP contribution in [0, 0.1) is 11.6 Å². The molecule has 144 valence electrons. The largest absolute Gasteiger partial charge is 0.322 e. The van der Waals surface area contributed by atoms with E-state index in [0.717, 1.165) is 23.3 Å². The molecule has 0 radical (unpaired) electrons. The van der Waals surface area contributed by atoms with Crippen LogP contribution in [0.3, 0.4) is 0 Å². The summed E-state index contributed by atoms with van der Waals surface area (Å²) in [5.41, 5.74) is 2.32. The van der Waals surface area contributed by atoms with Crippen LogP contribution < -0.4 is 5.32 Å². The molecule has 0 aromatic heterocycles. The second-order valence-electron chi connectivity index (χ2n) is 6.47. The van der Waals surface area contributed by atoms with Gasteiger partial charge in [0.25, 0.3) is 5.91 Å². The average Bonchev–Trinajstić information content (AvgIpc) is 2.63. The highest BCUT2D eigenvalue weighted by molar-refractivity contribution is 7.89. The van der Waals surface area contributed by atoms with Crippen molar-refractivity contribution in [3.8, 4) is 0 Å². The van der Waals surface area contributed by atoms with Gasteiger partial charge in [0.05, 0.1) is 5.75 Å². The maximum absolute atomic E-state index is 13.3. The van der Waals surface area contributed by atoms with E-state index in [4.69, 9.17) is 0 Å².